The molecule has 0 atom stereocenters. The van der Waals surface area contributed by atoms with Gasteiger partial charge in [0.15, 0.2) is 10.6 Å². The van der Waals surface area contributed by atoms with Crippen LogP contribution in [0.2, 0.25) is 0 Å². The average molecular weight is 272 g/mol. The molecule has 4 heteroatoms. The average Bonchev–Trinajstić information content (AvgIpc) is 2.76. The summed E-state index contributed by atoms with van der Waals surface area (Å²) < 4.78 is 1.90. The highest BCUT2D eigenvalue weighted by atomic mass is 32.1. The Labute approximate surface area is 116 Å². The van der Waals surface area contributed by atoms with Gasteiger partial charge in [-0.1, -0.05) is 30.3 Å². The second-order valence-electron chi connectivity index (χ2n) is 4.86. The van der Waals surface area contributed by atoms with E-state index in [4.69, 9.17) is 5.41 Å². The monoisotopic (exact) mass is 272 g/mol. The van der Waals surface area contributed by atoms with Crippen LogP contribution in [0.25, 0.3) is 0 Å². The minimum atomic E-state index is 0.0882. The van der Waals surface area contributed by atoms with Crippen LogP contribution in [0.15, 0.2) is 30.3 Å². The fraction of sp³-hybridized carbons (Fsp3) is 0.333. The number of thiazole rings is 1. The molecule has 0 fully saturated rings. The van der Waals surface area contributed by atoms with Gasteiger partial charge in [0.1, 0.15) is 0 Å². The highest BCUT2D eigenvalue weighted by Gasteiger charge is 2.18. The van der Waals surface area contributed by atoms with Crippen LogP contribution >= 0.6 is 11.3 Å². The van der Waals surface area contributed by atoms with Crippen molar-refractivity contribution in [1.29, 1.82) is 5.41 Å². The second kappa shape index (κ2) is 5.13. The van der Waals surface area contributed by atoms with E-state index in [-0.39, 0.29) is 5.78 Å². The fourth-order valence-corrected chi connectivity index (χ4v) is 3.67. The van der Waals surface area contributed by atoms with Gasteiger partial charge in [-0.25, -0.2) is 0 Å². The molecule has 1 heterocycles. The van der Waals surface area contributed by atoms with Crippen LogP contribution in [0.5, 0.6) is 0 Å². The molecule has 0 aliphatic heterocycles. The minimum Gasteiger partial charge on any atom is -0.313 e. The highest BCUT2D eigenvalue weighted by Crippen LogP contribution is 2.23. The summed E-state index contributed by atoms with van der Waals surface area (Å²) in [5, 5.41) is 8.05. The third-order valence-corrected chi connectivity index (χ3v) is 4.68. The van der Waals surface area contributed by atoms with E-state index in [1.165, 1.54) is 34.7 Å². The first kappa shape index (κ1) is 12.4. The standard InChI is InChI=1S/C15H16N2OS/c16-15-17(12-8-4-5-9-14(12)19-15)10-13(18)11-6-2-1-3-7-11/h1-3,6-7,16H,4-5,8-10H2. The Bertz CT molecular complexity index is 655. The molecule has 3 nitrogen and oxygen atoms in total. The zero-order valence-electron chi connectivity index (χ0n) is 10.7. The molecule has 0 saturated heterocycles. The third-order valence-electron chi connectivity index (χ3n) is 3.58. The van der Waals surface area contributed by atoms with E-state index in [9.17, 15) is 4.79 Å². The first-order valence-corrected chi connectivity index (χ1v) is 7.41. The topological polar surface area (TPSA) is 45.9 Å². The Morgan fingerprint density at radius 2 is 1.95 bits per heavy atom. The van der Waals surface area contributed by atoms with Gasteiger partial charge in [-0.2, -0.15) is 0 Å². The Kier molecular flexibility index (Phi) is 3.34. The maximum absolute atomic E-state index is 12.3. The number of nitrogens with one attached hydrogen (secondary N) is 1. The van der Waals surface area contributed by atoms with Crippen LogP contribution < -0.4 is 4.80 Å². The normalized spacial score (nSPS) is 14.1. The molecule has 0 unspecified atom stereocenters. The second-order valence-corrected chi connectivity index (χ2v) is 5.94. The maximum Gasteiger partial charge on any atom is 0.182 e. The van der Waals surface area contributed by atoms with Gasteiger partial charge in [-0.05, 0) is 25.7 Å². The molecule has 0 radical (unpaired) electrons. The molecule has 1 aliphatic rings. The number of benzene rings is 1. The van der Waals surface area contributed by atoms with E-state index in [1.54, 1.807) is 0 Å². The predicted molar refractivity (Wildman–Crippen MR) is 75.6 cm³/mol. The molecule has 3 rings (SSSR count). The molecule has 98 valence electrons. The quantitative estimate of drug-likeness (QED) is 0.858. The van der Waals surface area contributed by atoms with Gasteiger partial charge < -0.3 is 4.57 Å². The largest absolute Gasteiger partial charge is 0.313 e. The van der Waals surface area contributed by atoms with E-state index in [0.717, 1.165) is 18.4 Å². The molecule has 1 aliphatic carbocycles. The summed E-state index contributed by atoms with van der Waals surface area (Å²) in [5.41, 5.74) is 1.94. The SMILES string of the molecule is N=c1sc2c(n1CC(=O)c1ccccc1)CCCC2. The van der Waals surface area contributed by atoms with E-state index >= 15 is 0 Å². The van der Waals surface area contributed by atoms with E-state index in [2.05, 4.69) is 0 Å². The number of carbonyl (C=O) groups excluding carboxylic acids is 1. The zero-order chi connectivity index (χ0) is 13.2. The number of rotatable bonds is 3. The number of aromatic nitrogens is 1. The first-order valence-electron chi connectivity index (χ1n) is 6.60. The molecule has 0 amide bonds. The number of hydrogen-bond donors (Lipinski definition) is 1. The van der Waals surface area contributed by atoms with Crippen molar-refractivity contribution in [1.82, 2.24) is 4.57 Å². The molecular formula is C15H16N2OS. The van der Waals surface area contributed by atoms with Gasteiger partial charge in [-0.3, -0.25) is 10.2 Å². The van der Waals surface area contributed by atoms with Gasteiger partial charge >= 0.3 is 0 Å². The molecule has 0 spiro atoms. The number of hydrogen-bond acceptors (Lipinski definition) is 3. The van der Waals surface area contributed by atoms with Crippen molar-refractivity contribution in [3.05, 3.63) is 51.3 Å². The summed E-state index contributed by atoms with van der Waals surface area (Å²) in [6.45, 7) is 0.300. The summed E-state index contributed by atoms with van der Waals surface area (Å²) in [6, 6.07) is 9.34. The summed E-state index contributed by atoms with van der Waals surface area (Å²) in [4.78, 5) is 14.1. The summed E-state index contributed by atoms with van der Waals surface area (Å²) in [7, 11) is 0. The van der Waals surface area contributed by atoms with Crippen LogP contribution in [-0.4, -0.2) is 10.4 Å². The molecule has 0 saturated carbocycles. The summed E-state index contributed by atoms with van der Waals surface area (Å²) >= 11 is 1.53. The molecule has 1 N–H and O–H groups in total. The zero-order valence-corrected chi connectivity index (χ0v) is 11.5. The van der Waals surface area contributed by atoms with Crippen LogP contribution in [0.1, 0.15) is 33.8 Å². The van der Waals surface area contributed by atoms with Crippen LogP contribution in [0, 0.1) is 5.41 Å². The minimum absolute atomic E-state index is 0.0882. The Balaban J connectivity index is 1.90. The number of carbonyl (C=O) groups is 1. The molecule has 19 heavy (non-hydrogen) atoms. The predicted octanol–water partition coefficient (Wildman–Crippen LogP) is 2.79. The maximum atomic E-state index is 12.3. The Morgan fingerprint density at radius 1 is 1.21 bits per heavy atom. The van der Waals surface area contributed by atoms with E-state index < -0.39 is 0 Å². The number of aryl methyl sites for hydroxylation is 1. The van der Waals surface area contributed by atoms with E-state index in [1.807, 2.05) is 34.9 Å². The van der Waals surface area contributed by atoms with Gasteiger partial charge in [0.2, 0.25) is 0 Å². The molecule has 2 aromatic rings. The number of Topliss-reactive ketones (excluding diaryl/α,β-unsaturated/α-hetero) is 1. The lowest BCUT2D eigenvalue weighted by atomic mass is 10.0. The van der Waals surface area contributed by atoms with Gasteiger partial charge in [0.25, 0.3) is 0 Å². The van der Waals surface area contributed by atoms with Gasteiger partial charge in [-0.15, -0.1) is 11.3 Å². The van der Waals surface area contributed by atoms with Gasteiger partial charge in [0.05, 0.1) is 6.54 Å². The first-order chi connectivity index (χ1) is 9.25. The number of fused-ring (bicyclic) bond motifs is 1. The van der Waals surface area contributed by atoms with Crippen LogP contribution in [0.3, 0.4) is 0 Å². The smallest absolute Gasteiger partial charge is 0.182 e. The Hall–Kier alpha value is -1.68. The molecule has 1 aromatic heterocycles. The molecule has 1 aromatic carbocycles. The van der Waals surface area contributed by atoms with Crippen LogP contribution in [0.4, 0.5) is 0 Å². The summed E-state index contributed by atoms with van der Waals surface area (Å²) in [6.07, 6.45) is 4.45. The Morgan fingerprint density at radius 3 is 2.74 bits per heavy atom. The van der Waals surface area contributed by atoms with Crippen molar-refractivity contribution in [2.24, 2.45) is 0 Å². The third kappa shape index (κ3) is 2.40. The fourth-order valence-electron chi connectivity index (χ4n) is 2.58. The molecule has 0 bridgehead atoms. The van der Waals surface area contributed by atoms with Crippen molar-refractivity contribution < 1.29 is 4.79 Å². The van der Waals surface area contributed by atoms with Crippen molar-refractivity contribution in [2.75, 3.05) is 0 Å². The highest BCUT2D eigenvalue weighted by molar-refractivity contribution is 7.09. The lowest BCUT2D eigenvalue weighted by Gasteiger charge is -2.14. The van der Waals surface area contributed by atoms with Crippen molar-refractivity contribution in [2.45, 2.75) is 32.2 Å². The lowest BCUT2D eigenvalue weighted by Crippen LogP contribution is -2.22. The van der Waals surface area contributed by atoms with Crippen LogP contribution in [-0.2, 0) is 19.4 Å². The van der Waals surface area contributed by atoms with Gasteiger partial charge in [0, 0.05) is 16.1 Å². The van der Waals surface area contributed by atoms with Crippen molar-refractivity contribution in [3.63, 3.8) is 0 Å². The van der Waals surface area contributed by atoms with Crippen molar-refractivity contribution >= 4 is 17.1 Å². The van der Waals surface area contributed by atoms with Crippen molar-refractivity contribution in [3.8, 4) is 0 Å². The summed E-state index contributed by atoms with van der Waals surface area (Å²) in [5.74, 6) is 0.0882. The number of ketones is 1. The lowest BCUT2D eigenvalue weighted by molar-refractivity contribution is 0.0969. The molecular weight excluding hydrogens is 256 g/mol. The van der Waals surface area contributed by atoms with E-state index in [0.29, 0.717) is 11.3 Å². The number of nitrogens with zero attached hydrogens (tertiary/aromatic N) is 1.